The molecule has 1 heterocycles. The van der Waals surface area contributed by atoms with E-state index in [-0.39, 0.29) is 22.8 Å². The summed E-state index contributed by atoms with van der Waals surface area (Å²) in [7, 11) is 0. The molecule has 0 atom stereocenters. The summed E-state index contributed by atoms with van der Waals surface area (Å²) in [6.45, 7) is 4.58. The van der Waals surface area contributed by atoms with Gasteiger partial charge in [0, 0.05) is 17.5 Å². The molecule has 8 heteroatoms. The Labute approximate surface area is 166 Å². The van der Waals surface area contributed by atoms with Crippen molar-refractivity contribution in [2.45, 2.75) is 20.8 Å². The third-order valence-corrected chi connectivity index (χ3v) is 4.12. The number of hydrogen-bond donors (Lipinski definition) is 1. The monoisotopic (exact) mass is 407 g/mol. The van der Waals surface area contributed by atoms with Gasteiger partial charge in [0.1, 0.15) is 5.82 Å². The van der Waals surface area contributed by atoms with E-state index in [4.69, 9.17) is 21.1 Å². The van der Waals surface area contributed by atoms with Gasteiger partial charge >= 0.3 is 11.9 Å². The second kappa shape index (κ2) is 9.32. The second-order valence-corrected chi connectivity index (χ2v) is 6.29. The summed E-state index contributed by atoms with van der Waals surface area (Å²) in [6, 6.07) is 3.96. The third kappa shape index (κ3) is 5.07. The zero-order chi connectivity index (χ0) is 20.8. The van der Waals surface area contributed by atoms with Crippen molar-refractivity contribution in [1.82, 2.24) is 4.98 Å². The molecule has 1 aromatic carbocycles. The number of halogens is 2. The smallest absolute Gasteiger partial charge is 0.340 e. The van der Waals surface area contributed by atoms with Crippen molar-refractivity contribution in [2.75, 3.05) is 13.2 Å². The molecule has 1 N–H and O–H groups in total. The Kier molecular flexibility index (Phi) is 7.12. The summed E-state index contributed by atoms with van der Waals surface area (Å²) in [5.74, 6) is -2.48. The minimum atomic E-state index is -0.767. The van der Waals surface area contributed by atoms with Crippen molar-refractivity contribution in [3.05, 3.63) is 63.2 Å². The lowest BCUT2D eigenvalue weighted by molar-refractivity contribution is -0.136. The molecule has 0 fully saturated rings. The molecule has 0 aliphatic carbocycles. The SMILES string of the molecule is CCOC(=O)c1c(C)[nH]c(C)c1C(=O)COC(=O)/C=C/c1ccc(F)c(Cl)c1. The van der Waals surface area contributed by atoms with Gasteiger partial charge in [-0.2, -0.15) is 0 Å². The van der Waals surface area contributed by atoms with Crippen LogP contribution in [0.4, 0.5) is 4.39 Å². The van der Waals surface area contributed by atoms with Gasteiger partial charge in [-0.1, -0.05) is 17.7 Å². The summed E-state index contributed by atoms with van der Waals surface area (Å²) in [5.41, 5.74) is 1.75. The maximum Gasteiger partial charge on any atom is 0.340 e. The Bertz CT molecular complexity index is 948. The maximum atomic E-state index is 13.1. The summed E-state index contributed by atoms with van der Waals surface area (Å²) in [6.07, 6.45) is 2.48. The molecule has 148 valence electrons. The third-order valence-electron chi connectivity index (χ3n) is 3.83. The molecule has 0 spiro atoms. The molecule has 0 saturated heterocycles. The number of Topliss-reactive ketones (excluding diaryl/α,β-unsaturated/α-hetero) is 1. The number of ether oxygens (including phenoxy) is 2. The van der Waals surface area contributed by atoms with E-state index in [1.807, 2.05) is 0 Å². The van der Waals surface area contributed by atoms with Crippen LogP contribution in [0.5, 0.6) is 0 Å². The number of esters is 2. The van der Waals surface area contributed by atoms with Crippen LogP contribution < -0.4 is 0 Å². The molecule has 0 bridgehead atoms. The fraction of sp³-hybridized carbons (Fsp3) is 0.250. The number of nitrogens with one attached hydrogen (secondary N) is 1. The van der Waals surface area contributed by atoms with Gasteiger partial charge in [-0.15, -0.1) is 0 Å². The lowest BCUT2D eigenvalue weighted by atomic mass is 10.1. The Balaban J connectivity index is 2.05. The number of benzene rings is 1. The first kappa shape index (κ1) is 21.4. The summed E-state index contributed by atoms with van der Waals surface area (Å²) in [4.78, 5) is 39.4. The zero-order valence-electron chi connectivity index (χ0n) is 15.6. The van der Waals surface area contributed by atoms with E-state index in [1.165, 1.54) is 24.3 Å². The van der Waals surface area contributed by atoms with Crippen LogP contribution in [0.1, 0.15) is 44.6 Å². The van der Waals surface area contributed by atoms with Gasteiger partial charge in [0.25, 0.3) is 0 Å². The molecule has 0 unspecified atom stereocenters. The van der Waals surface area contributed by atoms with Gasteiger partial charge in [0.05, 0.1) is 22.8 Å². The number of hydrogen-bond acceptors (Lipinski definition) is 5. The van der Waals surface area contributed by atoms with Crippen LogP contribution in [0.2, 0.25) is 5.02 Å². The largest absolute Gasteiger partial charge is 0.462 e. The Morgan fingerprint density at radius 2 is 1.82 bits per heavy atom. The first-order chi connectivity index (χ1) is 13.2. The van der Waals surface area contributed by atoms with Crippen LogP contribution in [0.3, 0.4) is 0 Å². The lowest BCUT2D eigenvalue weighted by Crippen LogP contribution is -2.17. The number of aromatic amines is 1. The van der Waals surface area contributed by atoms with E-state index in [1.54, 1.807) is 20.8 Å². The van der Waals surface area contributed by atoms with E-state index in [0.29, 0.717) is 17.0 Å². The molecule has 0 amide bonds. The highest BCUT2D eigenvalue weighted by Gasteiger charge is 2.25. The van der Waals surface area contributed by atoms with Crippen LogP contribution in [-0.4, -0.2) is 35.9 Å². The van der Waals surface area contributed by atoms with Crippen LogP contribution >= 0.6 is 11.6 Å². The van der Waals surface area contributed by atoms with Crippen molar-refractivity contribution in [2.24, 2.45) is 0 Å². The van der Waals surface area contributed by atoms with E-state index in [9.17, 15) is 18.8 Å². The number of H-pyrrole nitrogens is 1. The fourth-order valence-corrected chi connectivity index (χ4v) is 2.81. The van der Waals surface area contributed by atoms with E-state index >= 15 is 0 Å². The zero-order valence-corrected chi connectivity index (χ0v) is 16.4. The summed E-state index contributed by atoms with van der Waals surface area (Å²) in [5, 5.41) is -0.0736. The molecule has 0 aliphatic heterocycles. The highest BCUT2D eigenvalue weighted by Crippen LogP contribution is 2.20. The standard InChI is InChI=1S/C20H19ClFNO5/c1-4-27-20(26)19-12(3)23-11(2)18(19)16(24)10-28-17(25)8-6-13-5-7-15(22)14(21)9-13/h5-9,23H,4,10H2,1-3H3/b8-6+. The highest BCUT2D eigenvalue weighted by atomic mass is 35.5. The highest BCUT2D eigenvalue weighted by molar-refractivity contribution is 6.30. The van der Waals surface area contributed by atoms with Crippen molar-refractivity contribution in [1.29, 1.82) is 0 Å². The first-order valence-corrected chi connectivity index (χ1v) is 8.81. The quantitative estimate of drug-likeness (QED) is 0.425. The Morgan fingerprint density at radius 1 is 1.14 bits per heavy atom. The lowest BCUT2D eigenvalue weighted by Gasteiger charge is -2.06. The van der Waals surface area contributed by atoms with Crippen molar-refractivity contribution >= 4 is 35.4 Å². The minimum absolute atomic E-state index is 0.0736. The van der Waals surface area contributed by atoms with E-state index in [2.05, 4.69) is 4.98 Å². The number of aromatic nitrogens is 1. The summed E-state index contributed by atoms with van der Waals surface area (Å²) >= 11 is 5.67. The first-order valence-electron chi connectivity index (χ1n) is 8.44. The van der Waals surface area contributed by atoms with Crippen molar-refractivity contribution < 1.29 is 28.2 Å². The molecule has 2 aromatic rings. The predicted octanol–water partition coefficient (Wildman–Crippen LogP) is 4.04. The van der Waals surface area contributed by atoms with Gasteiger partial charge in [-0.05, 0) is 44.5 Å². The molecule has 1 aromatic heterocycles. The van der Waals surface area contributed by atoms with Gasteiger partial charge in [0.2, 0.25) is 5.78 Å². The van der Waals surface area contributed by atoms with Crippen molar-refractivity contribution in [3.8, 4) is 0 Å². The number of carbonyl (C=O) groups is 3. The number of ketones is 1. The van der Waals surface area contributed by atoms with E-state index < -0.39 is 30.1 Å². The van der Waals surface area contributed by atoms with Crippen LogP contribution in [0.15, 0.2) is 24.3 Å². The molecule has 0 radical (unpaired) electrons. The van der Waals surface area contributed by atoms with Gasteiger partial charge in [-0.3, -0.25) is 4.79 Å². The molecular formula is C20H19ClFNO5. The molecule has 0 saturated carbocycles. The number of rotatable bonds is 7. The van der Waals surface area contributed by atoms with Crippen molar-refractivity contribution in [3.63, 3.8) is 0 Å². The average Bonchev–Trinajstić information content (AvgIpc) is 2.95. The van der Waals surface area contributed by atoms with Gasteiger partial charge in [0.15, 0.2) is 6.61 Å². The Morgan fingerprint density at radius 3 is 2.46 bits per heavy atom. The van der Waals surface area contributed by atoms with Crippen LogP contribution in [0, 0.1) is 19.7 Å². The average molecular weight is 408 g/mol. The molecular weight excluding hydrogens is 389 g/mol. The molecule has 6 nitrogen and oxygen atoms in total. The molecule has 0 aliphatic rings. The van der Waals surface area contributed by atoms with Crippen LogP contribution in [0.25, 0.3) is 6.08 Å². The molecule has 28 heavy (non-hydrogen) atoms. The van der Waals surface area contributed by atoms with Gasteiger partial charge < -0.3 is 14.5 Å². The second-order valence-electron chi connectivity index (χ2n) is 5.88. The number of carbonyl (C=O) groups excluding carboxylic acids is 3. The number of aryl methyl sites for hydroxylation is 2. The Hall–Kier alpha value is -2.93. The van der Waals surface area contributed by atoms with E-state index in [0.717, 1.165) is 6.08 Å². The maximum absolute atomic E-state index is 13.1. The van der Waals surface area contributed by atoms with Crippen LogP contribution in [-0.2, 0) is 14.3 Å². The molecule has 2 rings (SSSR count). The topological polar surface area (TPSA) is 85.5 Å². The summed E-state index contributed by atoms with van der Waals surface area (Å²) < 4.78 is 23.0. The normalized spacial score (nSPS) is 10.9. The fourth-order valence-electron chi connectivity index (χ4n) is 2.63. The predicted molar refractivity (Wildman–Crippen MR) is 102 cm³/mol. The van der Waals surface area contributed by atoms with Gasteiger partial charge in [-0.25, -0.2) is 14.0 Å². The minimum Gasteiger partial charge on any atom is -0.462 e.